The van der Waals surface area contributed by atoms with Crippen molar-refractivity contribution in [2.75, 3.05) is 5.32 Å². The number of nitrogens with one attached hydrogen (secondary N) is 2. The lowest BCUT2D eigenvalue weighted by atomic mass is 10.2. The van der Waals surface area contributed by atoms with Gasteiger partial charge in [0.25, 0.3) is 0 Å². The molecule has 0 aliphatic carbocycles. The van der Waals surface area contributed by atoms with E-state index >= 15 is 0 Å². The first kappa shape index (κ1) is 16.3. The predicted octanol–water partition coefficient (Wildman–Crippen LogP) is 3.33. The summed E-state index contributed by atoms with van der Waals surface area (Å²) in [5.41, 5.74) is 2.16. The van der Waals surface area contributed by atoms with Crippen molar-refractivity contribution < 1.29 is 9.53 Å². The molecule has 23 heavy (non-hydrogen) atoms. The zero-order chi connectivity index (χ0) is 16.7. The van der Waals surface area contributed by atoms with Gasteiger partial charge in [-0.25, -0.2) is 9.78 Å². The van der Waals surface area contributed by atoms with Crippen LogP contribution in [0.2, 0.25) is 0 Å². The van der Waals surface area contributed by atoms with Gasteiger partial charge < -0.3 is 15.4 Å². The summed E-state index contributed by atoms with van der Waals surface area (Å²) in [5, 5.41) is 14.6. The van der Waals surface area contributed by atoms with Gasteiger partial charge in [-0.15, -0.1) is 0 Å². The Bertz CT molecular complexity index is 705. The third-order valence-corrected chi connectivity index (χ3v) is 2.87. The first-order valence-corrected chi connectivity index (χ1v) is 7.24. The second-order valence-corrected chi connectivity index (χ2v) is 5.15. The highest BCUT2D eigenvalue weighted by molar-refractivity contribution is 5.67. The number of ether oxygens (including phenoxy) is 1. The van der Waals surface area contributed by atoms with Gasteiger partial charge in [-0.2, -0.15) is 5.26 Å². The molecule has 118 valence electrons. The van der Waals surface area contributed by atoms with E-state index in [0.717, 1.165) is 11.3 Å². The van der Waals surface area contributed by atoms with Gasteiger partial charge in [0.15, 0.2) is 0 Å². The number of carbonyl (C=O) groups excluding carboxylic acids is 1. The number of pyridine rings is 1. The van der Waals surface area contributed by atoms with E-state index in [-0.39, 0.29) is 6.10 Å². The van der Waals surface area contributed by atoms with Crippen LogP contribution in [0.25, 0.3) is 0 Å². The summed E-state index contributed by atoms with van der Waals surface area (Å²) in [6.45, 7) is 4.00. The van der Waals surface area contributed by atoms with Crippen LogP contribution in [0, 0.1) is 11.3 Å². The Balaban J connectivity index is 1.91. The first-order valence-electron chi connectivity index (χ1n) is 7.24. The van der Waals surface area contributed by atoms with Crippen molar-refractivity contribution in [3.63, 3.8) is 0 Å². The molecule has 0 atom stereocenters. The molecule has 0 aliphatic rings. The lowest BCUT2D eigenvalue weighted by Gasteiger charge is -2.10. The molecule has 0 saturated heterocycles. The molecule has 2 rings (SSSR count). The van der Waals surface area contributed by atoms with E-state index in [1.807, 2.05) is 30.3 Å². The molecule has 0 fully saturated rings. The van der Waals surface area contributed by atoms with Crippen LogP contribution in [-0.2, 0) is 11.3 Å². The number of nitriles is 1. The van der Waals surface area contributed by atoms with Crippen molar-refractivity contribution in [3.8, 4) is 6.07 Å². The van der Waals surface area contributed by atoms with Crippen LogP contribution in [0.15, 0.2) is 42.5 Å². The summed E-state index contributed by atoms with van der Waals surface area (Å²) in [5.74, 6) is 0.607. The molecule has 1 heterocycles. The average Bonchev–Trinajstić information content (AvgIpc) is 2.54. The van der Waals surface area contributed by atoms with Gasteiger partial charge in [0.2, 0.25) is 0 Å². The van der Waals surface area contributed by atoms with Crippen LogP contribution in [-0.4, -0.2) is 17.2 Å². The van der Waals surface area contributed by atoms with E-state index in [1.54, 1.807) is 32.0 Å². The topological polar surface area (TPSA) is 87.0 Å². The van der Waals surface area contributed by atoms with Gasteiger partial charge in [-0.1, -0.05) is 18.2 Å². The third kappa shape index (κ3) is 5.32. The molecule has 1 aromatic heterocycles. The van der Waals surface area contributed by atoms with Gasteiger partial charge in [0.1, 0.15) is 17.6 Å². The van der Waals surface area contributed by atoms with Crippen molar-refractivity contribution >= 4 is 17.6 Å². The second-order valence-electron chi connectivity index (χ2n) is 5.15. The fourth-order valence-electron chi connectivity index (χ4n) is 1.85. The standard InChI is InChI=1S/C17H18N4O2/c1-12(2)23-17(22)19-11-13-6-8-14(9-7-13)20-16-5-3-4-15(10-18)21-16/h3-9,12H,11H2,1-2H3,(H,19,22)(H,20,21). The lowest BCUT2D eigenvalue weighted by Crippen LogP contribution is -2.26. The molecule has 2 aromatic rings. The number of amides is 1. The zero-order valence-electron chi connectivity index (χ0n) is 13.0. The van der Waals surface area contributed by atoms with Gasteiger partial charge in [-0.05, 0) is 43.7 Å². The second kappa shape index (κ2) is 7.80. The number of hydrogen-bond acceptors (Lipinski definition) is 5. The molecule has 6 nitrogen and oxygen atoms in total. The monoisotopic (exact) mass is 310 g/mol. The maximum absolute atomic E-state index is 11.4. The molecule has 6 heteroatoms. The van der Waals surface area contributed by atoms with Crippen LogP contribution in [0.3, 0.4) is 0 Å². The molecule has 1 aromatic carbocycles. The maximum Gasteiger partial charge on any atom is 0.407 e. The van der Waals surface area contributed by atoms with Gasteiger partial charge in [0.05, 0.1) is 6.10 Å². The Morgan fingerprint density at radius 2 is 2.00 bits per heavy atom. The van der Waals surface area contributed by atoms with Crippen molar-refractivity contribution in [1.29, 1.82) is 5.26 Å². The Labute approximate surface area is 135 Å². The number of rotatable bonds is 5. The summed E-state index contributed by atoms with van der Waals surface area (Å²) < 4.78 is 5.00. The predicted molar refractivity (Wildman–Crippen MR) is 87.1 cm³/mol. The molecule has 0 bridgehead atoms. The number of benzene rings is 1. The van der Waals surface area contributed by atoms with Crippen LogP contribution >= 0.6 is 0 Å². The number of anilines is 2. The number of nitrogens with zero attached hydrogens (tertiary/aromatic N) is 2. The van der Waals surface area contributed by atoms with Crippen LogP contribution in [0.4, 0.5) is 16.3 Å². The number of hydrogen-bond donors (Lipinski definition) is 2. The highest BCUT2D eigenvalue weighted by Gasteiger charge is 2.04. The quantitative estimate of drug-likeness (QED) is 0.884. The molecular formula is C17H18N4O2. The summed E-state index contributed by atoms with van der Waals surface area (Å²) in [6.07, 6.45) is -0.571. The third-order valence-electron chi connectivity index (χ3n) is 2.87. The summed E-state index contributed by atoms with van der Waals surface area (Å²) in [6, 6.07) is 14.8. The fraction of sp³-hybridized carbons (Fsp3) is 0.235. The highest BCUT2D eigenvalue weighted by Crippen LogP contribution is 2.15. The minimum absolute atomic E-state index is 0.141. The Hall–Kier alpha value is -3.07. The van der Waals surface area contributed by atoms with E-state index in [9.17, 15) is 4.79 Å². The Kier molecular flexibility index (Phi) is 5.53. The smallest absolute Gasteiger partial charge is 0.407 e. The minimum Gasteiger partial charge on any atom is -0.447 e. The first-order chi connectivity index (χ1) is 11.1. The van der Waals surface area contributed by atoms with E-state index in [2.05, 4.69) is 15.6 Å². The van der Waals surface area contributed by atoms with Gasteiger partial charge in [-0.3, -0.25) is 0 Å². The largest absolute Gasteiger partial charge is 0.447 e. The zero-order valence-corrected chi connectivity index (χ0v) is 13.0. The summed E-state index contributed by atoms with van der Waals surface area (Å²) in [7, 11) is 0. The van der Waals surface area contributed by atoms with Crippen LogP contribution in [0.1, 0.15) is 25.1 Å². The number of aromatic nitrogens is 1. The van der Waals surface area contributed by atoms with E-state index in [0.29, 0.717) is 18.1 Å². The maximum atomic E-state index is 11.4. The Morgan fingerprint density at radius 1 is 1.26 bits per heavy atom. The van der Waals surface area contributed by atoms with E-state index in [4.69, 9.17) is 10.00 Å². The molecular weight excluding hydrogens is 292 g/mol. The SMILES string of the molecule is CC(C)OC(=O)NCc1ccc(Nc2cccc(C#N)n2)cc1. The van der Waals surface area contributed by atoms with E-state index < -0.39 is 6.09 Å². The van der Waals surface area contributed by atoms with Gasteiger partial charge in [0, 0.05) is 12.2 Å². The minimum atomic E-state index is -0.431. The van der Waals surface area contributed by atoms with Crippen molar-refractivity contribution in [1.82, 2.24) is 10.3 Å². The molecule has 0 aliphatic heterocycles. The molecule has 0 unspecified atom stereocenters. The van der Waals surface area contributed by atoms with E-state index in [1.165, 1.54) is 0 Å². The molecule has 0 saturated carbocycles. The summed E-state index contributed by atoms with van der Waals surface area (Å²) >= 11 is 0. The normalized spacial score (nSPS) is 10.0. The lowest BCUT2D eigenvalue weighted by molar-refractivity contribution is 0.115. The molecule has 0 spiro atoms. The van der Waals surface area contributed by atoms with Crippen LogP contribution < -0.4 is 10.6 Å². The number of carbonyl (C=O) groups is 1. The fourth-order valence-corrected chi connectivity index (χ4v) is 1.85. The summed E-state index contributed by atoms with van der Waals surface area (Å²) in [4.78, 5) is 15.6. The van der Waals surface area contributed by atoms with Crippen molar-refractivity contribution in [3.05, 3.63) is 53.7 Å². The van der Waals surface area contributed by atoms with Crippen LogP contribution in [0.5, 0.6) is 0 Å². The van der Waals surface area contributed by atoms with Gasteiger partial charge >= 0.3 is 6.09 Å². The molecule has 0 radical (unpaired) electrons. The highest BCUT2D eigenvalue weighted by atomic mass is 16.6. The average molecular weight is 310 g/mol. The van der Waals surface area contributed by atoms with Crippen molar-refractivity contribution in [2.45, 2.75) is 26.5 Å². The molecule has 2 N–H and O–H groups in total. The molecule has 1 amide bonds. The van der Waals surface area contributed by atoms with Crippen molar-refractivity contribution in [2.24, 2.45) is 0 Å². The Morgan fingerprint density at radius 3 is 2.65 bits per heavy atom. The number of alkyl carbamates (subject to hydrolysis) is 1.